The highest BCUT2D eigenvalue weighted by molar-refractivity contribution is 5.68. The van der Waals surface area contributed by atoms with Crippen molar-refractivity contribution in [3.8, 4) is 0 Å². The van der Waals surface area contributed by atoms with E-state index in [2.05, 4.69) is 52.3 Å². The fourth-order valence-corrected chi connectivity index (χ4v) is 2.14. The lowest BCUT2D eigenvalue weighted by Crippen LogP contribution is -2.17. The van der Waals surface area contributed by atoms with Crippen molar-refractivity contribution in [1.82, 2.24) is 9.97 Å². The molecule has 3 rings (SSSR count). The van der Waals surface area contributed by atoms with E-state index < -0.39 is 0 Å². The Morgan fingerprint density at radius 1 is 1.18 bits per heavy atom. The van der Waals surface area contributed by atoms with Gasteiger partial charge in [-0.2, -0.15) is 0 Å². The maximum absolute atomic E-state index is 4.35. The second-order valence-corrected chi connectivity index (χ2v) is 4.21. The van der Waals surface area contributed by atoms with Crippen molar-refractivity contribution in [2.75, 3.05) is 4.90 Å². The van der Waals surface area contributed by atoms with Crippen LogP contribution < -0.4 is 4.90 Å². The van der Waals surface area contributed by atoms with Crippen molar-refractivity contribution in [3.05, 3.63) is 60.2 Å². The fraction of sp³-hybridized carbons (Fsp3) is 0.143. The number of aromatic nitrogens is 2. The van der Waals surface area contributed by atoms with Gasteiger partial charge in [0.2, 0.25) is 0 Å². The number of hydrogen-bond acceptors (Lipinski definition) is 3. The van der Waals surface area contributed by atoms with Gasteiger partial charge in [-0.25, -0.2) is 4.98 Å². The predicted octanol–water partition coefficient (Wildman–Crippen LogP) is 3.07. The topological polar surface area (TPSA) is 29.0 Å². The zero-order valence-corrected chi connectivity index (χ0v) is 9.67. The number of fused-ring (bicyclic) bond motifs is 1. The highest BCUT2D eigenvalue weighted by atomic mass is 15.2. The van der Waals surface area contributed by atoms with Gasteiger partial charge in [0.25, 0.3) is 0 Å². The molecule has 0 aliphatic carbocycles. The first kappa shape index (κ1) is 10.0. The van der Waals surface area contributed by atoms with E-state index in [9.17, 15) is 0 Å². The van der Waals surface area contributed by atoms with Crippen LogP contribution in [0.3, 0.4) is 0 Å². The first-order valence-corrected chi connectivity index (χ1v) is 5.65. The average molecular weight is 223 g/mol. The summed E-state index contributed by atoms with van der Waals surface area (Å²) in [5, 5.41) is 0. The summed E-state index contributed by atoms with van der Waals surface area (Å²) in [4.78, 5) is 10.6. The molecule has 2 aromatic rings. The Balaban J connectivity index is 2.12. The Bertz CT molecular complexity index is 561. The van der Waals surface area contributed by atoms with Gasteiger partial charge in [0.15, 0.2) is 5.82 Å². The van der Waals surface area contributed by atoms with Crippen molar-refractivity contribution >= 4 is 11.5 Å². The van der Waals surface area contributed by atoms with Crippen LogP contribution in [0.2, 0.25) is 0 Å². The Morgan fingerprint density at radius 2 is 2.06 bits per heavy atom. The lowest BCUT2D eigenvalue weighted by Gasteiger charge is -2.27. The van der Waals surface area contributed by atoms with Crippen molar-refractivity contribution in [1.29, 1.82) is 0 Å². The molecule has 0 spiro atoms. The number of nitrogens with zero attached hydrogens (tertiary/aromatic N) is 3. The van der Waals surface area contributed by atoms with Gasteiger partial charge in [0.05, 0.1) is 11.9 Å². The van der Waals surface area contributed by atoms with Gasteiger partial charge in [0.1, 0.15) is 0 Å². The summed E-state index contributed by atoms with van der Waals surface area (Å²) < 4.78 is 0. The molecule has 0 unspecified atom stereocenters. The van der Waals surface area contributed by atoms with Crippen molar-refractivity contribution in [2.24, 2.45) is 0 Å². The van der Waals surface area contributed by atoms with Crippen LogP contribution >= 0.6 is 0 Å². The van der Waals surface area contributed by atoms with Gasteiger partial charge in [-0.1, -0.05) is 23.8 Å². The molecule has 0 saturated carbocycles. The first-order chi connectivity index (χ1) is 8.34. The summed E-state index contributed by atoms with van der Waals surface area (Å²) in [7, 11) is 0. The number of rotatable bonds is 1. The molecule has 0 radical (unpaired) electrons. The second kappa shape index (κ2) is 4.01. The van der Waals surface area contributed by atoms with Gasteiger partial charge in [0, 0.05) is 18.6 Å². The van der Waals surface area contributed by atoms with E-state index in [0.29, 0.717) is 0 Å². The third-order valence-electron chi connectivity index (χ3n) is 2.87. The van der Waals surface area contributed by atoms with Crippen molar-refractivity contribution in [2.45, 2.75) is 13.3 Å². The summed E-state index contributed by atoms with van der Waals surface area (Å²) in [6, 6.07) is 8.41. The molecule has 1 aliphatic rings. The fourth-order valence-electron chi connectivity index (χ4n) is 2.14. The minimum atomic E-state index is 0.860. The summed E-state index contributed by atoms with van der Waals surface area (Å²) in [6.45, 7) is 2.14. The average Bonchev–Trinajstić information content (AvgIpc) is 2.39. The number of anilines is 2. The van der Waals surface area contributed by atoms with Crippen LogP contribution in [0, 0.1) is 0 Å². The molecule has 3 nitrogen and oxygen atoms in total. The summed E-state index contributed by atoms with van der Waals surface area (Å²) in [5.74, 6) is 0.860. The van der Waals surface area contributed by atoms with E-state index in [1.54, 1.807) is 18.6 Å². The van der Waals surface area contributed by atoms with E-state index in [1.807, 2.05) is 0 Å². The molecule has 1 aliphatic heterocycles. The largest absolute Gasteiger partial charge is 0.300 e. The SMILES string of the molecule is CC1=CN(c2cnccn2)c2ccccc2C1. The van der Waals surface area contributed by atoms with E-state index in [1.165, 1.54) is 16.8 Å². The molecule has 0 atom stereocenters. The maximum Gasteiger partial charge on any atom is 0.155 e. The van der Waals surface area contributed by atoms with Crippen molar-refractivity contribution in [3.63, 3.8) is 0 Å². The third kappa shape index (κ3) is 1.80. The highest BCUT2D eigenvalue weighted by Gasteiger charge is 2.17. The maximum atomic E-state index is 4.35. The van der Waals surface area contributed by atoms with Gasteiger partial charge >= 0.3 is 0 Å². The van der Waals surface area contributed by atoms with Crippen LogP contribution in [0.5, 0.6) is 0 Å². The van der Waals surface area contributed by atoms with E-state index in [0.717, 1.165) is 12.2 Å². The van der Waals surface area contributed by atoms with Crippen LogP contribution in [0.4, 0.5) is 11.5 Å². The molecule has 3 heteroatoms. The molecule has 1 aromatic heterocycles. The van der Waals surface area contributed by atoms with Gasteiger partial charge < -0.3 is 4.90 Å². The van der Waals surface area contributed by atoms with Gasteiger partial charge in [-0.3, -0.25) is 4.98 Å². The first-order valence-electron chi connectivity index (χ1n) is 5.65. The summed E-state index contributed by atoms with van der Waals surface area (Å²) in [6.07, 6.45) is 8.33. The molecule has 2 heterocycles. The normalized spacial score (nSPS) is 14.2. The highest BCUT2D eigenvalue weighted by Crippen LogP contribution is 2.32. The van der Waals surface area contributed by atoms with Crippen LogP contribution in [0.1, 0.15) is 12.5 Å². The zero-order chi connectivity index (χ0) is 11.7. The minimum Gasteiger partial charge on any atom is -0.300 e. The quantitative estimate of drug-likeness (QED) is 0.744. The number of benzene rings is 1. The zero-order valence-electron chi connectivity index (χ0n) is 9.67. The number of hydrogen-bond donors (Lipinski definition) is 0. The lowest BCUT2D eigenvalue weighted by atomic mass is 10.0. The molecule has 0 fully saturated rings. The summed E-state index contributed by atoms with van der Waals surface area (Å²) >= 11 is 0. The molecular weight excluding hydrogens is 210 g/mol. The standard InChI is InChI=1S/C14H13N3/c1-11-8-12-4-2-3-5-13(12)17(10-11)14-9-15-6-7-16-14/h2-7,9-10H,8H2,1H3. The molecular formula is C14H13N3. The molecule has 1 aromatic carbocycles. The molecule has 0 amide bonds. The van der Waals surface area contributed by atoms with Crippen LogP contribution in [-0.2, 0) is 6.42 Å². The van der Waals surface area contributed by atoms with Crippen LogP contribution in [0.25, 0.3) is 0 Å². The smallest absolute Gasteiger partial charge is 0.155 e. The summed E-state index contributed by atoms with van der Waals surface area (Å²) in [5.41, 5.74) is 3.85. The second-order valence-electron chi connectivity index (χ2n) is 4.21. The Morgan fingerprint density at radius 3 is 2.88 bits per heavy atom. The number of allylic oxidation sites excluding steroid dienone is 1. The van der Waals surface area contributed by atoms with E-state index >= 15 is 0 Å². The van der Waals surface area contributed by atoms with Crippen molar-refractivity contribution < 1.29 is 0 Å². The van der Waals surface area contributed by atoms with E-state index in [-0.39, 0.29) is 0 Å². The molecule has 17 heavy (non-hydrogen) atoms. The lowest BCUT2D eigenvalue weighted by molar-refractivity contribution is 1.02. The number of para-hydroxylation sites is 1. The predicted molar refractivity (Wildman–Crippen MR) is 68.1 cm³/mol. The molecule has 0 N–H and O–H groups in total. The monoisotopic (exact) mass is 223 g/mol. The Kier molecular flexibility index (Phi) is 2.37. The van der Waals surface area contributed by atoms with Crippen LogP contribution in [-0.4, -0.2) is 9.97 Å². The molecule has 84 valence electrons. The van der Waals surface area contributed by atoms with Gasteiger partial charge in [-0.05, 0) is 25.0 Å². The Labute approximate surface area is 100 Å². The Hall–Kier alpha value is -2.16. The third-order valence-corrected chi connectivity index (χ3v) is 2.87. The molecule has 0 saturated heterocycles. The molecule has 0 bridgehead atoms. The van der Waals surface area contributed by atoms with Crippen LogP contribution in [0.15, 0.2) is 54.6 Å². The van der Waals surface area contributed by atoms with Gasteiger partial charge in [-0.15, -0.1) is 0 Å². The van der Waals surface area contributed by atoms with E-state index in [4.69, 9.17) is 0 Å². The minimum absolute atomic E-state index is 0.860.